The fourth-order valence-corrected chi connectivity index (χ4v) is 7.38. The molecule has 4 aromatic carbocycles. The van der Waals surface area contributed by atoms with Gasteiger partial charge in [0.25, 0.3) is 11.8 Å². The van der Waals surface area contributed by atoms with E-state index < -0.39 is 17.8 Å². The van der Waals surface area contributed by atoms with Crippen molar-refractivity contribution in [2.45, 2.75) is 24.7 Å². The molecule has 48 heavy (non-hydrogen) atoms. The maximum absolute atomic E-state index is 14.2. The average molecular weight is 658 g/mol. The number of rotatable bonds is 7. The van der Waals surface area contributed by atoms with Crippen LogP contribution < -0.4 is 24.6 Å². The van der Waals surface area contributed by atoms with Crippen LogP contribution in [0.3, 0.4) is 0 Å². The van der Waals surface area contributed by atoms with Crippen LogP contribution >= 0.6 is 11.6 Å². The fourth-order valence-electron chi connectivity index (χ4n) is 7.10. The predicted octanol–water partition coefficient (Wildman–Crippen LogP) is 6.90. The molecule has 3 aliphatic heterocycles. The number of benzene rings is 4. The lowest BCUT2D eigenvalue weighted by Crippen LogP contribution is -2.54. The van der Waals surface area contributed by atoms with Gasteiger partial charge in [-0.15, -0.1) is 6.42 Å². The molecule has 0 aliphatic carbocycles. The number of imide groups is 2. The van der Waals surface area contributed by atoms with Gasteiger partial charge in [0.1, 0.15) is 12.2 Å². The molecule has 4 amide bonds. The number of carbonyl (C=O) groups is 3. The van der Waals surface area contributed by atoms with E-state index in [2.05, 4.69) is 40.4 Å². The van der Waals surface area contributed by atoms with Gasteiger partial charge >= 0.3 is 6.03 Å². The Labute approximate surface area is 283 Å². The Morgan fingerprint density at radius 2 is 1.52 bits per heavy atom. The second-order valence-electron chi connectivity index (χ2n) is 11.9. The summed E-state index contributed by atoms with van der Waals surface area (Å²) in [6, 6.07) is 26.8. The van der Waals surface area contributed by atoms with Crippen molar-refractivity contribution in [1.82, 2.24) is 5.32 Å². The van der Waals surface area contributed by atoms with Crippen LogP contribution in [-0.4, -0.2) is 44.7 Å². The molecule has 9 heteroatoms. The van der Waals surface area contributed by atoms with Gasteiger partial charge in [0.05, 0.1) is 17.8 Å². The van der Waals surface area contributed by atoms with Crippen molar-refractivity contribution < 1.29 is 23.9 Å². The Balaban J connectivity index is 1.35. The number of methoxy groups -OCH3 is 1. The smallest absolute Gasteiger partial charge is 0.335 e. The predicted molar refractivity (Wildman–Crippen MR) is 186 cm³/mol. The standard InChI is InChI=1S/C39H32ClN3O5/c1-3-18-48-36-33(40)20-24(21-34(36)47-2)19-32-37(44)41-39(46)43(38(32)45)27-22-30-28(25-10-6-4-7-11-25)14-16-42-17-15-29(31(23-27)35(30)42)26-12-8-5-9-13-26/h1,4-13,19-23,28-29H,14-18H2,2H3,(H,41,44,46)/b32-19+/t28-,29-/m0/s1. The molecule has 2 atom stereocenters. The minimum Gasteiger partial charge on any atom is -0.493 e. The lowest BCUT2D eigenvalue weighted by atomic mass is 9.76. The molecule has 240 valence electrons. The van der Waals surface area contributed by atoms with E-state index >= 15 is 0 Å². The summed E-state index contributed by atoms with van der Waals surface area (Å²) in [5.41, 5.74) is 6.20. The van der Waals surface area contributed by atoms with E-state index in [0.717, 1.165) is 47.6 Å². The Kier molecular flexibility index (Phi) is 8.38. The van der Waals surface area contributed by atoms with Gasteiger partial charge in [0.15, 0.2) is 11.5 Å². The van der Waals surface area contributed by atoms with Gasteiger partial charge in [0.2, 0.25) is 0 Å². The molecule has 1 fully saturated rings. The molecular weight excluding hydrogens is 626 g/mol. The first-order valence-electron chi connectivity index (χ1n) is 15.8. The van der Waals surface area contributed by atoms with E-state index in [-0.39, 0.29) is 40.5 Å². The molecule has 1 N–H and O–H groups in total. The first-order valence-corrected chi connectivity index (χ1v) is 16.1. The monoisotopic (exact) mass is 657 g/mol. The quantitative estimate of drug-likeness (QED) is 0.132. The molecule has 3 aliphatic rings. The van der Waals surface area contributed by atoms with E-state index in [4.69, 9.17) is 27.5 Å². The van der Waals surface area contributed by atoms with Crippen LogP contribution in [0.25, 0.3) is 6.08 Å². The molecule has 0 spiro atoms. The van der Waals surface area contributed by atoms with E-state index in [0.29, 0.717) is 11.3 Å². The number of hydrogen-bond donors (Lipinski definition) is 1. The Morgan fingerprint density at radius 1 is 0.917 bits per heavy atom. The molecule has 3 heterocycles. The highest BCUT2D eigenvalue weighted by atomic mass is 35.5. The maximum Gasteiger partial charge on any atom is 0.335 e. The van der Waals surface area contributed by atoms with Gasteiger partial charge < -0.3 is 14.4 Å². The summed E-state index contributed by atoms with van der Waals surface area (Å²) in [5, 5.41) is 2.56. The molecule has 4 aromatic rings. The van der Waals surface area contributed by atoms with Gasteiger partial charge in [-0.25, -0.2) is 9.69 Å². The number of anilines is 2. The molecule has 0 saturated carbocycles. The van der Waals surface area contributed by atoms with Crippen molar-refractivity contribution in [2.75, 3.05) is 36.6 Å². The van der Waals surface area contributed by atoms with Crippen LogP contribution in [0.4, 0.5) is 16.2 Å². The number of barbiturate groups is 1. The first-order chi connectivity index (χ1) is 23.4. The second kappa shape index (κ2) is 12.9. The van der Waals surface area contributed by atoms with E-state index in [1.165, 1.54) is 30.4 Å². The minimum atomic E-state index is -0.807. The van der Waals surface area contributed by atoms with Crippen LogP contribution in [0.5, 0.6) is 11.5 Å². The lowest BCUT2D eigenvalue weighted by Gasteiger charge is -2.44. The number of halogens is 1. The van der Waals surface area contributed by atoms with Crippen molar-refractivity contribution >= 4 is 46.9 Å². The molecule has 1 saturated heterocycles. The third kappa shape index (κ3) is 5.56. The zero-order valence-electron chi connectivity index (χ0n) is 26.2. The Morgan fingerprint density at radius 3 is 2.08 bits per heavy atom. The van der Waals surface area contributed by atoms with E-state index in [9.17, 15) is 14.4 Å². The Bertz CT molecular complexity index is 1930. The lowest BCUT2D eigenvalue weighted by molar-refractivity contribution is -0.122. The highest BCUT2D eigenvalue weighted by Crippen LogP contribution is 2.50. The van der Waals surface area contributed by atoms with E-state index in [1.54, 1.807) is 6.07 Å². The second-order valence-corrected chi connectivity index (χ2v) is 12.4. The number of hydrogen-bond acceptors (Lipinski definition) is 6. The number of amides is 4. The van der Waals surface area contributed by atoms with E-state index in [1.807, 2.05) is 48.5 Å². The van der Waals surface area contributed by atoms with Crippen LogP contribution in [0, 0.1) is 12.3 Å². The molecule has 0 bridgehead atoms. The summed E-state index contributed by atoms with van der Waals surface area (Å²) in [6.07, 6.45) is 8.50. The summed E-state index contributed by atoms with van der Waals surface area (Å²) in [6.45, 7) is 1.79. The van der Waals surface area contributed by atoms with Crippen LogP contribution in [0.1, 0.15) is 52.5 Å². The normalized spacial score (nSPS) is 19.4. The number of carbonyl (C=O) groups excluding carboxylic acids is 3. The topological polar surface area (TPSA) is 88.2 Å². The zero-order valence-corrected chi connectivity index (χ0v) is 27.0. The summed E-state index contributed by atoms with van der Waals surface area (Å²) in [7, 11) is 1.44. The summed E-state index contributed by atoms with van der Waals surface area (Å²) >= 11 is 6.48. The molecule has 0 aromatic heterocycles. The van der Waals surface area contributed by atoms with Crippen LogP contribution in [0.2, 0.25) is 5.02 Å². The van der Waals surface area contributed by atoms with Crippen molar-refractivity contribution in [1.29, 1.82) is 0 Å². The van der Waals surface area contributed by atoms with Crippen molar-refractivity contribution in [3.05, 3.63) is 123 Å². The third-order valence-corrected chi connectivity index (χ3v) is 9.50. The Hall–Kier alpha value is -5.52. The van der Waals surface area contributed by atoms with Gasteiger partial charge in [-0.1, -0.05) is 78.2 Å². The largest absolute Gasteiger partial charge is 0.493 e. The highest BCUT2D eigenvalue weighted by Gasteiger charge is 2.40. The minimum absolute atomic E-state index is 0.0226. The van der Waals surface area contributed by atoms with Crippen molar-refractivity contribution in [2.24, 2.45) is 0 Å². The number of nitrogens with one attached hydrogen (secondary N) is 1. The summed E-state index contributed by atoms with van der Waals surface area (Å²) in [4.78, 5) is 44.4. The number of urea groups is 1. The SMILES string of the molecule is C#CCOc1c(Cl)cc(/C=C2\C(=O)NC(=O)N(c3cc4c5c(c3)[C@H](c3ccccc3)CCN5CC[C@H]4c3ccccc3)C2=O)cc1OC. The van der Waals surface area contributed by atoms with Crippen molar-refractivity contribution in [3.63, 3.8) is 0 Å². The first kappa shape index (κ1) is 31.1. The van der Waals surface area contributed by atoms with Gasteiger partial charge in [-0.3, -0.25) is 14.9 Å². The van der Waals surface area contributed by atoms with Gasteiger partial charge in [0, 0.05) is 30.6 Å². The number of terminal acetylenes is 1. The number of ether oxygens (including phenoxy) is 2. The summed E-state index contributed by atoms with van der Waals surface area (Å²) in [5.74, 6) is 1.48. The van der Waals surface area contributed by atoms with Gasteiger partial charge in [-0.2, -0.15) is 0 Å². The molecular formula is C39H32ClN3O5. The average Bonchev–Trinajstić information content (AvgIpc) is 3.10. The third-order valence-electron chi connectivity index (χ3n) is 9.22. The zero-order chi connectivity index (χ0) is 33.4. The van der Waals surface area contributed by atoms with Crippen LogP contribution in [-0.2, 0) is 9.59 Å². The van der Waals surface area contributed by atoms with Crippen molar-refractivity contribution in [3.8, 4) is 23.8 Å². The molecule has 7 rings (SSSR count). The molecule has 0 radical (unpaired) electrons. The summed E-state index contributed by atoms with van der Waals surface area (Å²) < 4.78 is 11.0. The van der Waals surface area contributed by atoms with Crippen LogP contribution in [0.15, 0.2) is 90.5 Å². The van der Waals surface area contributed by atoms with Gasteiger partial charge in [-0.05, 0) is 71.0 Å². The maximum atomic E-state index is 14.2. The molecule has 0 unspecified atom stereocenters. The fraction of sp³-hybridized carbons (Fsp3) is 0.205. The molecule has 8 nitrogen and oxygen atoms in total. The highest BCUT2D eigenvalue weighted by molar-refractivity contribution is 6.39. The number of nitrogens with zero attached hydrogens (tertiary/aromatic N) is 2.